The van der Waals surface area contributed by atoms with Gasteiger partial charge in [-0.15, -0.1) is 6.42 Å². The van der Waals surface area contributed by atoms with Gasteiger partial charge in [0.25, 0.3) is 0 Å². The Balaban J connectivity index is 2.75. The molecule has 0 aromatic carbocycles. The first kappa shape index (κ1) is 14.3. The maximum atomic E-state index is 12.0. The van der Waals surface area contributed by atoms with E-state index in [1.165, 1.54) is 4.90 Å². The van der Waals surface area contributed by atoms with Crippen LogP contribution in [0.1, 0.15) is 19.8 Å². The van der Waals surface area contributed by atoms with Gasteiger partial charge < -0.3 is 20.1 Å². The molecule has 1 rings (SSSR count). The number of carbonyl (C=O) groups is 2. The molecule has 0 aromatic rings. The van der Waals surface area contributed by atoms with Crippen molar-refractivity contribution in [2.75, 3.05) is 26.3 Å². The fourth-order valence-electron chi connectivity index (χ4n) is 1.83. The predicted octanol–water partition coefficient (Wildman–Crippen LogP) is 0.285. The standard InChI is InChI=1S/C12H18N2O4/c1-3-7-14(4-2)11(17)13-12(10(15)16)5-8-18-9-6-12/h1H,4-9H2,2H3,(H,13,17)(H,15,16). The molecule has 1 saturated heterocycles. The van der Waals surface area contributed by atoms with Gasteiger partial charge in [0.05, 0.1) is 6.54 Å². The molecular weight excluding hydrogens is 236 g/mol. The number of nitrogens with zero attached hydrogens (tertiary/aromatic N) is 1. The minimum atomic E-state index is -1.24. The van der Waals surface area contributed by atoms with E-state index in [0.717, 1.165) is 0 Å². The highest BCUT2D eigenvalue weighted by Gasteiger charge is 2.42. The molecule has 2 amide bonds. The highest BCUT2D eigenvalue weighted by molar-refractivity contribution is 5.86. The van der Waals surface area contributed by atoms with E-state index in [1.54, 1.807) is 6.92 Å². The topological polar surface area (TPSA) is 78.9 Å². The highest BCUT2D eigenvalue weighted by Crippen LogP contribution is 2.21. The van der Waals surface area contributed by atoms with Crippen LogP contribution >= 0.6 is 0 Å². The van der Waals surface area contributed by atoms with Crippen molar-refractivity contribution in [3.05, 3.63) is 0 Å². The van der Waals surface area contributed by atoms with Gasteiger partial charge in [-0.05, 0) is 6.92 Å². The summed E-state index contributed by atoms with van der Waals surface area (Å²) in [7, 11) is 0. The van der Waals surface area contributed by atoms with Gasteiger partial charge in [-0.2, -0.15) is 0 Å². The number of aliphatic carboxylic acids is 1. The van der Waals surface area contributed by atoms with Crippen LogP contribution in [0.4, 0.5) is 4.79 Å². The molecule has 0 saturated carbocycles. The first-order valence-corrected chi connectivity index (χ1v) is 5.87. The molecule has 0 atom stereocenters. The van der Waals surface area contributed by atoms with Crippen molar-refractivity contribution in [2.45, 2.75) is 25.3 Å². The number of hydrogen-bond acceptors (Lipinski definition) is 3. The molecule has 0 aromatic heterocycles. The lowest BCUT2D eigenvalue weighted by Crippen LogP contribution is -2.60. The molecule has 0 radical (unpaired) electrons. The second-order valence-corrected chi connectivity index (χ2v) is 4.15. The Morgan fingerprint density at radius 1 is 1.50 bits per heavy atom. The first-order valence-electron chi connectivity index (χ1n) is 5.87. The quantitative estimate of drug-likeness (QED) is 0.706. The SMILES string of the molecule is C#CCN(CC)C(=O)NC1(C(=O)O)CCOCC1. The summed E-state index contributed by atoms with van der Waals surface area (Å²) in [6.07, 6.45) is 5.69. The lowest BCUT2D eigenvalue weighted by Gasteiger charge is -2.35. The summed E-state index contributed by atoms with van der Waals surface area (Å²) in [6, 6.07) is -0.445. The van der Waals surface area contributed by atoms with Crippen molar-refractivity contribution in [3.63, 3.8) is 0 Å². The lowest BCUT2D eigenvalue weighted by molar-refractivity contribution is -0.148. The molecule has 1 fully saturated rings. The van der Waals surface area contributed by atoms with Crippen LogP contribution in [0.15, 0.2) is 0 Å². The summed E-state index contributed by atoms with van der Waals surface area (Å²) in [5, 5.41) is 11.9. The molecule has 0 aliphatic carbocycles. The van der Waals surface area contributed by atoms with Crippen LogP contribution in [0.25, 0.3) is 0 Å². The zero-order valence-corrected chi connectivity index (χ0v) is 10.4. The molecule has 0 bridgehead atoms. The zero-order chi connectivity index (χ0) is 13.6. The van der Waals surface area contributed by atoms with Crippen LogP contribution in [-0.2, 0) is 9.53 Å². The van der Waals surface area contributed by atoms with E-state index in [4.69, 9.17) is 11.2 Å². The smallest absolute Gasteiger partial charge is 0.329 e. The third-order valence-electron chi connectivity index (χ3n) is 3.05. The largest absolute Gasteiger partial charge is 0.480 e. The second kappa shape index (κ2) is 6.26. The molecule has 6 nitrogen and oxygen atoms in total. The Morgan fingerprint density at radius 3 is 2.56 bits per heavy atom. The molecule has 2 N–H and O–H groups in total. The summed E-state index contributed by atoms with van der Waals surface area (Å²) in [6.45, 7) is 3.03. The Kier molecular flexibility index (Phi) is 4.98. The van der Waals surface area contributed by atoms with E-state index >= 15 is 0 Å². The number of ether oxygens (including phenoxy) is 1. The summed E-state index contributed by atoms with van der Waals surface area (Å²) in [4.78, 5) is 24.7. The number of terminal acetylenes is 1. The van der Waals surface area contributed by atoms with Crippen LogP contribution in [0.3, 0.4) is 0 Å². The van der Waals surface area contributed by atoms with Crippen LogP contribution in [0, 0.1) is 12.3 Å². The van der Waals surface area contributed by atoms with Crippen LogP contribution in [0.5, 0.6) is 0 Å². The number of rotatable bonds is 4. The van der Waals surface area contributed by atoms with E-state index in [1.807, 2.05) is 0 Å². The van der Waals surface area contributed by atoms with Gasteiger partial charge in [0, 0.05) is 32.6 Å². The van der Waals surface area contributed by atoms with Gasteiger partial charge in [-0.1, -0.05) is 5.92 Å². The Morgan fingerprint density at radius 2 is 2.11 bits per heavy atom. The normalized spacial score (nSPS) is 17.6. The molecule has 100 valence electrons. The Hall–Kier alpha value is -1.74. The van der Waals surface area contributed by atoms with Crippen molar-refractivity contribution < 1.29 is 19.4 Å². The minimum Gasteiger partial charge on any atom is -0.480 e. The molecule has 1 heterocycles. The average Bonchev–Trinajstić information content (AvgIpc) is 2.36. The number of urea groups is 1. The van der Waals surface area contributed by atoms with Gasteiger partial charge in [0.2, 0.25) is 0 Å². The average molecular weight is 254 g/mol. The monoisotopic (exact) mass is 254 g/mol. The van der Waals surface area contributed by atoms with Crippen molar-refractivity contribution in [1.29, 1.82) is 0 Å². The first-order chi connectivity index (χ1) is 8.55. The fraction of sp³-hybridized carbons (Fsp3) is 0.667. The summed E-state index contributed by atoms with van der Waals surface area (Å²) in [5.74, 6) is 1.34. The van der Waals surface area contributed by atoms with Gasteiger partial charge in [-0.25, -0.2) is 9.59 Å². The second-order valence-electron chi connectivity index (χ2n) is 4.15. The van der Waals surface area contributed by atoms with E-state index in [0.29, 0.717) is 19.8 Å². The number of amides is 2. The van der Waals surface area contributed by atoms with Gasteiger partial charge in [-0.3, -0.25) is 0 Å². The molecule has 6 heteroatoms. The molecule has 0 unspecified atom stereocenters. The third-order valence-corrected chi connectivity index (χ3v) is 3.05. The van der Waals surface area contributed by atoms with Gasteiger partial charge in [0.15, 0.2) is 0 Å². The van der Waals surface area contributed by atoms with Crippen LogP contribution in [0.2, 0.25) is 0 Å². The zero-order valence-electron chi connectivity index (χ0n) is 10.4. The van der Waals surface area contributed by atoms with Crippen LogP contribution < -0.4 is 5.32 Å². The molecule has 1 aliphatic heterocycles. The van der Waals surface area contributed by atoms with Crippen molar-refractivity contribution in [3.8, 4) is 12.3 Å². The summed E-state index contributed by atoms with van der Waals surface area (Å²) in [5.41, 5.74) is -1.24. The van der Waals surface area contributed by atoms with Crippen LogP contribution in [-0.4, -0.2) is 53.8 Å². The number of carboxylic acid groups (broad SMARTS) is 1. The van der Waals surface area contributed by atoms with Gasteiger partial charge in [0.1, 0.15) is 5.54 Å². The lowest BCUT2D eigenvalue weighted by atomic mass is 9.90. The number of carbonyl (C=O) groups excluding carboxylic acids is 1. The number of hydrogen-bond donors (Lipinski definition) is 2. The highest BCUT2D eigenvalue weighted by atomic mass is 16.5. The van der Waals surface area contributed by atoms with E-state index in [9.17, 15) is 14.7 Å². The maximum absolute atomic E-state index is 12.0. The Bertz CT molecular complexity index is 356. The maximum Gasteiger partial charge on any atom is 0.329 e. The Labute approximate surface area is 106 Å². The van der Waals surface area contributed by atoms with Crippen molar-refractivity contribution >= 4 is 12.0 Å². The van der Waals surface area contributed by atoms with E-state index in [2.05, 4.69) is 11.2 Å². The molecule has 0 spiro atoms. The summed E-state index contributed by atoms with van der Waals surface area (Å²) < 4.78 is 5.13. The number of carboxylic acids is 1. The summed E-state index contributed by atoms with van der Waals surface area (Å²) >= 11 is 0. The molecule has 18 heavy (non-hydrogen) atoms. The van der Waals surface area contributed by atoms with E-state index in [-0.39, 0.29) is 19.4 Å². The number of nitrogens with one attached hydrogen (secondary N) is 1. The van der Waals surface area contributed by atoms with Crippen molar-refractivity contribution in [1.82, 2.24) is 10.2 Å². The van der Waals surface area contributed by atoms with E-state index < -0.39 is 17.5 Å². The minimum absolute atomic E-state index is 0.161. The molecule has 1 aliphatic rings. The van der Waals surface area contributed by atoms with Crippen molar-refractivity contribution in [2.24, 2.45) is 0 Å². The third kappa shape index (κ3) is 3.14. The fourth-order valence-corrected chi connectivity index (χ4v) is 1.83. The van der Waals surface area contributed by atoms with Gasteiger partial charge >= 0.3 is 12.0 Å². The predicted molar refractivity (Wildman–Crippen MR) is 65.0 cm³/mol. The molecular formula is C12H18N2O4.